The first kappa shape index (κ1) is 20.2. The minimum Gasteiger partial charge on any atom is -0.383 e. The van der Waals surface area contributed by atoms with Gasteiger partial charge in [-0.2, -0.15) is 5.26 Å². The molecular formula is C23H24N4O2. The molecule has 3 aromatic rings. The fourth-order valence-corrected chi connectivity index (χ4v) is 3.05. The molecule has 0 aliphatic carbocycles. The zero-order chi connectivity index (χ0) is 20.5. The number of hydrogen-bond donors (Lipinski definition) is 1. The minimum atomic E-state index is -0.232. The number of anilines is 1. The predicted octanol–water partition coefficient (Wildman–Crippen LogP) is 4.09. The van der Waals surface area contributed by atoms with E-state index in [1.54, 1.807) is 36.3 Å². The summed E-state index contributed by atoms with van der Waals surface area (Å²) < 4.78 is 7.32. The number of ether oxygens (including phenoxy) is 1. The number of amides is 2. The number of nitrogens with zero attached hydrogens (tertiary/aromatic N) is 3. The molecular weight excluding hydrogens is 364 g/mol. The van der Waals surface area contributed by atoms with Crippen molar-refractivity contribution in [1.29, 1.82) is 5.26 Å². The summed E-state index contributed by atoms with van der Waals surface area (Å²) in [5.74, 6) is 0. The second-order valence-corrected chi connectivity index (χ2v) is 6.65. The summed E-state index contributed by atoms with van der Waals surface area (Å²) >= 11 is 0. The van der Waals surface area contributed by atoms with E-state index >= 15 is 0 Å². The zero-order valence-electron chi connectivity index (χ0n) is 16.4. The Morgan fingerprint density at radius 3 is 2.72 bits per heavy atom. The van der Waals surface area contributed by atoms with Crippen molar-refractivity contribution in [3.63, 3.8) is 0 Å². The standard InChI is InChI=1S/C23H24N4O2/c1-29-14-13-27(23(28)25-21-10-5-9-20(15-21)16-24)18-22-11-6-12-26(22)17-19-7-3-2-4-8-19/h2-12,15H,13-14,17-18H2,1H3,(H,25,28). The lowest BCUT2D eigenvalue weighted by Crippen LogP contribution is -2.37. The molecule has 148 valence electrons. The third-order valence-electron chi connectivity index (χ3n) is 4.57. The van der Waals surface area contributed by atoms with E-state index in [-0.39, 0.29) is 6.03 Å². The van der Waals surface area contributed by atoms with Crippen molar-refractivity contribution in [2.45, 2.75) is 13.1 Å². The first-order chi connectivity index (χ1) is 14.2. The molecule has 0 radical (unpaired) electrons. The van der Waals surface area contributed by atoms with E-state index in [1.165, 1.54) is 5.56 Å². The lowest BCUT2D eigenvalue weighted by atomic mass is 10.2. The van der Waals surface area contributed by atoms with Crippen molar-refractivity contribution in [3.8, 4) is 6.07 Å². The Labute approximate surface area is 170 Å². The van der Waals surface area contributed by atoms with E-state index in [4.69, 9.17) is 10.00 Å². The molecule has 0 saturated carbocycles. The van der Waals surface area contributed by atoms with E-state index in [1.807, 2.05) is 36.5 Å². The highest BCUT2D eigenvalue weighted by molar-refractivity contribution is 5.89. The molecule has 0 aliphatic heterocycles. The van der Waals surface area contributed by atoms with Gasteiger partial charge in [-0.1, -0.05) is 36.4 Å². The number of nitriles is 1. The van der Waals surface area contributed by atoms with Crippen LogP contribution in [0.2, 0.25) is 0 Å². The van der Waals surface area contributed by atoms with Gasteiger partial charge in [0, 0.05) is 37.8 Å². The zero-order valence-corrected chi connectivity index (χ0v) is 16.4. The van der Waals surface area contributed by atoms with E-state index in [0.29, 0.717) is 30.9 Å². The molecule has 0 saturated heterocycles. The fraction of sp³-hybridized carbons (Fsp3) is 0.217. The lowest BCUT2D eigenvalue weighted by Gasteiger charge is -2.24. The highest BCUT2D eigenvalue weighted by atomic mass is 16.5. The van der Waals surface area contributed by atoms with Gasteiger partial charge in [0.1, 0.15) is 0 Å². The Bertz CT molecular complexity index is 976. The third kappa shape index (κ3) is 5.71. The number of urea groups is 1. The molecule has 6 heteroatoms. The summed E-state index contributed by atoms with van der Waals surface area (Å²) in [6, 6.07) is 22.9. The van der Waals surface area contributed by atoms with Gasteiger partial charge in [0.05, 0.1) is 24.8 Å². The van der Waals surface area contributed by atoms with Crippen LogP contribution in [0.4, 0.5) is 10.5 Å². The first-order valence-electron chi connectivity index (χ1n) is 9.42. The number of nitrogens with one attached hydrogen (secondary N) is 1. The summed E-state index contributed by atoms with van der Waals surface area (Å²) in [7, 11) is 1.62. The first-order valence-corrected chi connectivity index (χ1v) is 9.42. The normalized spacial score (nSPS) is 10.3. The van der Waals surface area contributed by atoms with Gasteiger partial charge in [0.2, 0.25) is 0 Å². The van der Waals surface area contributed by atoms with Crippen LogP contribution in [0.5, 0.6) is 0 Å². The number of aromatic nitrogens is 1. The van der Waals surface area contributed by atoms with Crippen molar-refractivity contribution in [2.75, 3.05) is 25.6 Å². The molecule has 1 N–H and O–H groups in total. The number of benzene rings is 2. The maximum absolute atomic E-state index is 12.9. The molecule has 1 heterocycles. The average Bonchev–Trinajstić information content (AvgIpc) is 3.18. The molecule has 1 aromatic heterocycles. The predicted molar refractivity (Wildman–Crippen MR) is 112 cm³/mol. The van der Waals surface area contributed by atoms with Crippen molar-refractivity contribution >= 4 is 11.7 Å². The van der Waals surface area contributed by atoms with Crippen LogP contribution in [-0.4, -0.2) is 35.8 Å². The average molecular weight is 388 g/mol. The second-order valence-electron chi connectivity index (χ2n) is 6.65. The maximum Gasteiger partial charge on any atom is 0.322 e. The maximum atomic E-state index is 12.9. The summed E-state index contributed by atoms with van der Waals surface area (Å²) in [6.07, 6.45) is 2.02. The molecule has 6 nitrogen and oxygen atoms in total. The Balaban J connectivity index is 1.73. The topological polar surface area (TPSA) is 70.3 Å². The van der Waals surface area contributed by atoms with Crippen LogP contribution in [0, 0.1) is 11.3 Å². The Kier molecular flexibility index (Phi) is 7.04. The van der Waals surface area contributed by atoms with Gasteiger partial charge in [-0.25, -0.2) is 4.79 Å². The van der Waals surface area contributed by atoms with Crippen LogP contribution in [0.3, 0.4) is 0 Å². The van der Waals surface area contributed by atoms with E-state index in [2.05, 4.69) is 28.1 Å². The number of carbonyl (C=O) groups is 1. The summed E-state index contributed by atoms with van der Waals surface area (Å²) in [5.41, 5.74) is 3.33. The molecule has 0 fully saturated rings. The third-order valence-corrected chi connectivity index (χ3v) is 4.57. The van der Waals surface area contributed by atoms with E-state index in [9.17, 15) is 4.79 Å². The molecule has 29 heavy (non-hydrogen) atoms. The van der Waals surface area contributed by atoms with Crippen molar-refractivity contribution in [2.24, 2.45) is 0 Å². The van der Waals surface area contributed by atoms with Gasteiger partial charge in [0.15, 0.2) is 0 Å². The molecule has 0 unspecified atom stereocenters. The van der Waals surface area contributed by atoms with Gasteiger partial charge in [-0.3, -0.25) is 0 Å². The minimum absolute atomic E-state index is 0.232. The van der Waals surface area contributed by atoms with E-state index in [0.717, 1.165) is 12.2 Å². The van der Waals surface area contributed by atoms with Crippen molar-refractivity contribution in [1.82, 2.24) is 9.47 Å². The van der Waals surface area contributed by atoms with Crippen LogP contribution >= 0.6 is 0 Å². The van der Waals surface area contributed by atoms with Crippen LogP contribution in [0.25, 0.3) is 0 Å². The molecule has 3 rings (SSSR count). The SMILES string of the molecule is COCCN(Cc1cccn1Cc1ccccc1)C(=O)Nc1cccc(C#N)c1. The molecule has 2 amide bonds. The van der Waals surface area contributed by atoms with Crippen LogP contribution in [-0.2, 0) is 17.8 Å². The van der Waals surface area contributed by atoms with Crippen molar-refractivity contribution < 1.29 is 9.53 Å². The fourth-order valence-electron chi connectivity index (χ4n) is 3.05. The summed E-state index contributed by atoms with van der Waals surface area (Å²) in [4.78, 5) is 14.6. The van der Waals surface area contributed by atoms with Crippen LogP contribution in [0.15, 0.2) is 72.9 Å². The monoisotopic (exact) mass is 388 g/mol. The number of hydrogen-bond acceptors (Lipinski definition) is 3. The molecule has 0 spiro atoms. The second kappa shape index (κ2) is 10.1. The van der Waals surface area contributed by atoms with Gasteiger partial charge in [0.25, 0.3) is 0 Å². The van der Waals surface area contributed by atoms with Gasteiger partial charge < -0.3 is 19.5 Å². The quantitative estimate of drug-likeness (QED) is 0.632. The molecule has 0 aliphatic rings. The molecule has 0 atom stereocenters. The Hall–Kier alpha value is -3.56. The van der Waals surface area contributed by atoms with Crippen molar-refractivity contribution in [3.05, 3.63) is 89.7 Å². The number of methoxy groups -OCH3 is 1. The molecule has 0 bridgehead atoms. The van der Waals surface area contributed by atoms with Gasteiger partial charge in [-0.15, -0.1) is 0 Å². The highest BCUT2D eigenvalue weighted by Crippen LogP contribution is 2.14. The number of carbonyl (C=O) groups excluding carboxylic acids is 1. The lowest BCUT2D eigenvalue weighted by molar-refractivity contribution is 0.152. The Morgan fingerprint density at radius 1 is 1.14 bits per heavy atom. The molecule has 2 aromatic carbocycles. The van der Waals surface area contributed by atoms with Crippen LogP contribution in [0.1, 0.15) is 16.8 Å². The van der Waals surface area contributed by atoms with Gasteiger partial charge >= 0.3 is 6.03 Å². The number of rotatable bonds is 8. The summed E-state index contributed by atoms with van der Waals surface area (Å²) in [6.45, 7) is 2.09. The smallest absolute Gasteiger partial charge is 0.322 e. The van der Waals surface area contributed by atoms with Crippen LogP contribution < -0.4 is 5.32 Å². The van der Waals surface area contributed by atoms with E-state index < -0.39 is 0 Å². The summed E-state index contributed by atoms with van der Waals surface area (Å²) in [5, 5.41) is 11.9. The Morgan fingerprint density at radius 2 is 1.97 bits per heavy atom. The van der Waals surface area contributed by atoms with Gasteiger partial charge in [-0.05, 0) is 35.9 Å². The largest absolute Gasteiger partial charge is 0.383 e. The highest BCUT2D eigenvalue weighted by Gasteiger charge is 2.16.